The molecule has 0 radical (unpaired) electrons. The number of rotatable bonds is 5. The summed E-state index contributed by atoms with van der Waals surface area (Å²) in [4.78, 5) is 8.92. The lowest BCUT2D eigenvalue weighted by Crippen LogP contribution is -2.14. The van der Waals surface area contributed by atoms with E-state index in [-0.39, 0.29) is 0 Å². The lowest BCUT2D eigenvalue weighted by atomic mass is 10.1. The number of aromatic nitrogens is 2. The summed E-state index contributed by atoms with van der Waals surface area (Å²) in [5.74, 6) is 0.889. The van der Waals surface area contributed by atoms with Crippen molar-refractivity contribution in [3.05, 3.63) is 59.2 Å². The molecule has 0 saturated carbocycles. The Bertz CT molecular complexity index is 509. The number of aryl methyl sites for hydroxylation is 1. The first-order valence-corrected chi connectivity index (χ1v) is 6.35. The molecule has 0 fully saturated rings. The molecule has 1 aromatic carbocycles. The summed E-state index contributed by atoms with van der Waals surface area (Å²) in [6, 6.07) is 10.3. The van der Waals surface area contributed by atoms with Crippen LogP contribution in [-0.2, 0) is 13.0 Å². The van der Waals surface area contributed by atoms with Gasteiger partial charge in [0.25, 0.3) is 0 Å². The molecule has 1 aromatic heterocycles. The minimum Gasteiger partial charge on any atom is -0.311 e. The molecule has 0 saturated heterocycles. The molecule has 0 spiro atoms. The summed E-state index contributed by atoms with van der Waals surface area (Å²) in [7, 11) is 0. The van der Waals surface area contributed by atoms with Crippen molar-refractivity contribution >= 4 is 0 Å². The average molecular weight is 241 g/mol. The molecule has 0 amide bonds. The Labute approximate surface area is 108 Å². The SMILES string of the molecule is CCNCc1ccnc(Cc2ccccc2C)n1. The Kier molecular flexibility index (Phi) is 4.42. The second-order valence-corrected chi connectivity index (χ2v) is 4.35. The highest BCUT2D eigenvalue weighted by Crippen LogP contribution is 2.11. The van der Waals surface area contributed by atoms with Crippen LogP contribution in [0.15, 0.2) is 36.5 Å². The first kappa shape index (κ1) is 12.7. The predicted molar refractivity (Wildman–Crippen MR) is 73.4 cm³/mol. The summed E-state index contributed by atoms with van der Waals surface area (Å²) < 4.78 is 0. The number of nitrogens with one attached hydrogen (secondary N) is 1. The van der Waals surface area contributed by atoms with Crippen LogP contribution < -0.4 is 5.32 Å². The van der Waals surface area contributed by atoms with E-state index >= 15 is 0 Å². The van der Waals surface area contributed by atoms with Gasteiger partial charge in [-0.05, 0) is 30.7 Å². The van der Waals surface area contributed by atoms with Gasteiger partial charge >= 0.3 is 0 Å². The number of hydrogen-bond donors (Lipinski definition) is 1. The van der Waals surface area contributed by atoms with E-state index in [9.17, 15) is 0 Å². The normalized spacial score (nSPS) is 10.6. The fourth-order valence-corrected chi connectivity index (χ4v) is 1.86. The number of benzene rings is 1. The van der Waals surface area contributed by atoms with E-state index in [0.717, 1.165) is 31.0 Å². The molecule has 2 rings (SSSR count). The maximum Gasteiger partial charge on any atom is 0.132 e. The van der Waals surface area contributed by atoms with Gasteiger partial charge in [0.2, 0.25) is 0 Å². The fraction of sp³-hybridized carbons (Fsp3) is 0.333. The smallest absolute Gasteiger partial charge is 0.132 e. The Morgan fingerprint density at radius 1 is 1.17 bits per heavy atom. The number of hydrogen-bond acceptors (Lipinski definition) is 3. The third-order valence-electron chi connectivity index (χ3n) is 2.93. The highest BCUT2D eigenvalue weighted by atomic mass is 14.9. The van der Waals surface area contributed by atoms with Gasteiger partial charge in [0.15, 0.2) is 0 Å². The van der Waals surface area contributed by atoms with E-state index in [4.69, 9.17) is 0 Å². The minimum atomic E-state index is 0.798. The predicted octanol–water partition coefficient (Wildman–Crippen LogP) is 2.49. The van der Waals surface area contributed by atoms with Gasteiger partial charge in [0, 0.05) is 19.2 Å². The third kappa shape index (κ3) is 3.37. The molecular formula is C15H19N3. The van der Waals surface area contributed by atoms with Gasteiger partial charge in [0.05, 0.1) is 5.69 Å². The monoisotopic (exact) mass is 241 g/mol. The molecule has 0 aliphatic carbocycles. The molecule has 1 N–H and O–H groups in total. The van der Waals surface area contributed by atoms with Crippen LogP contribution >= 0.6 is 0 Å². The lowest BCUT2D eigenvalue weighted by molar-refractivity contribution is 0.702. The topological polar surface area (TPSA) is 37.8 Å². The van der Waals surface area contributed by atoms with Crippen molar-refractivity contribution in [3.8, 4) is 0 Å². The highest BCUT2D eigenvalue weighted by Gasteiger charge is 2.03. The van der Waals surface area contributed by atoms with Crippen LogP contribution in [-0.4, -0.2) is 16.5 Å². The van der Waals surface area contributed by atoms with Gasteiger partial charge in [-0.15, -0.1) is 0 Å². The zero-order valence-electron chi connectivity index (χ0n) is 11.0. The Morgan fingerprint density at radius 3 is 2.78 bits per heavy atom. The molecular weight excluding hydrogens is 222 g/mol. The van der Waals surface area contributed by atoms with E-state index in [1.165, 1.54) is 11.1 Å². The largest absolute Gasteiger partial charge is 0.311 e. The summed E-state index contributed by atoms with van der Waals surface area (Å²) >= 11 is 0. The van der Waals surface area contributed by atoms with Crippen LogP contribution in [0.4, 0.5) is 0 Å². The van der Waals surface area contributed by atoms with Gasteiger partial charge < -0.3 is 5.32 Å². The van der Waals surface area contributed by atoms with Crippen molar-refractivity contribution in [1.29, 1.82) is 0 Å². The molecule has 0 bridgehead atoms. The molecule has 94 valence electrons. The summed E-state index contributed by atoms with van der Waals surface area (Å²) in [5, 5.41) is 3.28. The van der Waals surface area contributed by atoms with E-state index in [1.54, 1.807) is 0 Å². The van der Waals surface area contributed by atoms with Crippen molar-refractivity contribution in [2.24, 2.45) is 0 Å². The lowest BCUT2D eigenvalue weighted by Gasteiger charge is -2.06. The quantitative estimate of drug-likeness (QED) is 0.874. The summed E-state index contributed by atoms with van der Waals surface area (Å²) in [6.07, 6.45) is 2.64. The molecule has 2 aromatic rings. The molecule has 0 unspecified atom stereocenters. The van der Waals surface area contributed by atoms with Crippen molar-refractivity contribution in [3.63, 3.8) is 0 Å². The van der Waals surface area contributed by atoms with Crippen LogP contribution in [0.1, 0.15) is 29.6 Å². The molecule has 1 heterocycles. The van der Waals surface area contributed by atoms with E-state index < -0.39 is 0 Å². The van der Waals surface area contributed by atoms with Gasteiger partial charge in [-0.1, -0.05) is 31.2 Å². The second-order valence-electron chi connectivity index (χ2n) is 4.35. The van der Waals surface area contributed by atoms with Crippen LogP contribution in [0.3, 0.4) is 0 Å². The molecule has 3 nitrogen and oxygen atoms in total. The first-order chi connectivity index (χ1) is 8.79. The van der Waals surface area contributed by atoms with Gasteiger partial charge in [-0.25, -0.2) is 9.97 Å². The number of nitrogens with zero attached hydrogens (tertiary/aromatic N) is 2. The van der Waals surface area contributed by atoms with Gasteiger partial charge in [-0.2, -0.15) is 0 Å². The molecule has 3 heteroatoms. The van der Waals surface area contributed by atoms with Crippen LogP contribution in [0.25, 0.3) is 0 Å². The zero-order chi connectivity index (χ0) is 12.8. The van der Waals surface area contributed by atoms with E-state index in [2.05, 4.69) is 53.4 Å². The maximum atomic E-state index is 4.57. The van der Waals surface area contributed by atoms with Crippen LogP contribution in [0, 0.1) is 6.92 Å². The summed E-state index contributed by atoms with van der Waals surface area (Å²) in [6.45, 7) is 5.98. The third-order valence-corrected chi connectivity index (χ3v) is 2.93. The van der Waals surface area contributed by atoms with Crippen molar-refractivity contribution in [1.82, 2.24) is 15.3 Å². The molecule has 18 heavy (non-hydrogen) atoms. The maximum absolute atomic E-state index is 4.57. The highest BCUT2D eigenvalue weighted by molar-refractivity contribution is 5.28. The van der Waals surface area contributed by atoms with Gasteiger partial charge in [-0.3, -0.25) is 0 Å². The fourth-order valence-electron chi connectivity index (χ4n) is 1.86. The van der Waals surface area contributed by atoms with Gasteiger partial charge in [0.1, 0.15) is 5.82 Å². The van der Waals surface area contributed by atoms with Crippen molar-refractivity contribution in [2.45, 2.75) is 26.8 Å². The Balaban J connectivity index is 2.12. The van der Waals surface area contributed by atoms with Crippen LogP contribution in [0.2, 0.25) is 0 Å². The minimum absolute atomic E-state index is 0.798. The molecule has 0 aliphatic rings. The average Bonchev–Trinajstić information content (AvgIpc) is 2.40. The van der Waals surface area contributed by atoms with Crippen LogP contribution in [0.5, 0.6) is 0 Å². The van der Waals surface area contributed by atoms with E-state index in [0.29, 0.717) is 0 Å². The zero-order valence-corrected chi connectivity index (χ0v) is 11.0. The second kappa shape index (κ2) is 6.26. The first-order valence-electron chi connectivity index (χ1n) is 6.35. The Hall–Kier alpha value is -1.74. The Morgan fingerprint density at radius 2 is 2.00 bits per heavy atom. The van der Waals surface area contributed by atoms with Crippen molar-refractivity contribution < 1.29 is 0 Å². The molecule has 0 aliphatic heterocycles. The van der Waals surface area contributed by atoms with E-state index in [1.807, 2.05) is 12.3 Å². The standard InChI is InChI=1S/C15H19N3/c1-3-16-11-14-8-9-17-15(18-14)10-13-7-5-4-6-12(13)2/h4-9,16H,3,10-11H2,1-2H3. The van der Waals surface area contributed by atoms with Crippen molar-refractivity contribution in [2.75, 3.05) is 6.54 Å². The molecule has 0 atom stereocenters. The summed E-state index contributed by atoms with van der Waals surface area (Å²) in [5.41, 5.74) is 3.63.